The number of aliphatic imine (C=N–C) groups is 1. The maximum atomic E-state index is 11.8. The summed E-state index contributed by atoms with van der Waals surface area (Å²) in [5.41, 5.74) is -0.477. The van der Waals surface area contributed by atoms with Gasteiger partial charge in [-0.2, -0.15) is 0 Å². The highest BCUT2D eigenvalue weighted by Gasteiger charge is 2.19. The van der Waals surface area contributed by atoms with E-state index in [1.807, 2.05) is 27.7 Å². The highest BCUT2D eigenvalue weighted by molar-refractivity contribution is 5.79. The van der Waals surface area contributed by atoms with Gasteiger partial charge in [0.15, 0.2) is 5.96 Å². The highest BCUT2D eigenvalue weighted by Crippen LogP contribution is 2.08. The first-order chi connectivity index (χ1) is 9.80. The summed E-state index contributed by atoms with van der Waals surface area (Å²) in [6.45, 7) is 10.6. The lowest BCUT2D eigenvalue weighted by atomic mass is 10.2. The third-order valence-corrected chi connectivity index (χ3v) is 2.35. The number of hydrogen-bond acceptors (Lipinski definition) is 4. The summed E-state index contributed by atoms with van der Waals surface area (Å²) in [6, 6.07) is 0. The largest absolute Gasteiger partial charge is 0.444 e. The summed E-state index contributed by atoms with van der Waals surface area (Å²) < 4.78 is 10.2. The molecule has 0 aromatic rings. The van der Waals surface area contributed by atoms with Crippen LogP contribution in [-0.4, -0.2) is 69.5 Å². The van der Waals surface area contributed by atoms with Crippen LogP contribution in [0, 0.1) is 0 Å². The van der Waals surface area contributed by atoms with Gasteiger partial charge in [0.2, 0.25) is 0 Å². The number of carbonyl (C=O) groups is 1. The topological polar surface area (TPSA) is 75.2 Å². The monoisotopic (exact) mass is 302 g/mol. The lowest BCUT2D eigenvalue weighted by Gasteiger charge is -2.24. The van der Waals surface area contributed by atoms with E-state index >= 15 is 0 Å². The lowest BCUT2D eigenvalue weighted by Crippen LogP contribution is -2.43. The van der Waals surface area contributed by atoms with Crippen LogP contribution in [0.1, 0.15) is 27.7 Å². The SMILES string of the molecule is CCNC(=NCCOC)NCCN(C)C(=O)OC(C)(C)C. The number of carbonyl (C=O) groups excluding carboxylic acids is 1. The smallest absolute Gasteiger partial charge is 0.410 e. The molecule has 0 aliphatic carbocycles. The van der Waals surface area contributed by atoms with Crippen molar-refractivity contribution >= 4 is 12.1 Å². The average Bonchev–Trinajstić information content (AvgIpc) is 2.36. The summed E-state index contributed by atoms with van der Waals surface area (Å²) >= 11 is 0. The second-order valence-electron chi connectivity index (χ2n) is 5.58. The van der Waals surface area contributed by atoms with Gasteiger partial charge in [0.05, 0.1) is 13.2 Å². The van der Waals surface area contributed by atoms with Gasteiger partial charge in [0.1, 0.15) is 5.60 Å². The molecule has 7 heteroatoms. The molecule has 0 unspecified atom stereocenters. The number of ether oxygens (including phenoxy) is 2. The van der Waals surface area contributed by atoms with Crippen LogP contribution in [0.2, 0.25) is 0 Å². The normalized spacial score (nSPS) is 12.0. The molecule has 0 aromatic heterocycles. The van der Waals surface area contributed by atoms with E-state index in [1.165, 1.54) is 4.90 Å². The fourth-order valence-electron chi connectivity index (χ4n) is 1.36. The predicted molar refractivity (Wildman–Crippen MR) is 84.7 cm³/mol. The molecule has 0 spiro atoms. The Morgan fingerprint density at radius 1 is 1.29 bits per heavy atom. The zero-order valence-electron chi connectivity index (χ0n) is 14.2. The molecule has 0 aromatic carbocycles. The number of amides is 1. The van der Waals surface area contributed by atoms with E-state index in [-0.39, 0.29) is 6.09 Å². The Kier molecular flexibility index (Phi) is 9.53. The molecular formula is C14H30N4O3. The summed E-state index contributed by atoms with van der Waals surface area (Å²) in [7, 11) is 3.36. The van der Waals surface area contributed by atoms with E-state index < -0.39 is 5.60 Å². The van der Waals surface area contributed by atoms with Crippen molar-refractivity contribution in [2.75, 3.05) is 46.9 Å². The Labute approximate surface area is 128 Å². The molecule has 0 rings (SSSR count). The summed E-state index contributed by atoms with van der Waals surface area (Å²) in [6.07, 6.45) is -0.328. The van der Waals surface area contributed by atoms with Gasteiger partial charge in [0.25, 0.3) is 0 Å². The fraction of sp³-hybridized carbons (Fsp3) is 0.857. The summed E-state index contributed by atoms with van der Waals surface area (Å²) in [5, 5.41) is 6.29. The van der Waals surface area contributed by atoms with E-state index in [2.05, 4.69) is 15.6 Å². The molecular weight excluding hydrogens is 272 g/mol. The van der Waals surface area contributed by atoms with Crippen molar-refractivity contribution in [3.8, 4) is 0 Å². The van der Waals surface area contributed by atoms with Crippen molar-refractivity contribution in [1.29, 1.82) is 0 Å². The number of nitrogens with one attached hydrogen (secondary N) is 2. The average molecular weight is 302 g/mol. The zero-order chi connectivity index (χ0) is 16.3. The van der Waals surface area contributed by atoms with Crippen LogP contribution in [0.3, 0.4) is 0 Å². The van der Waals surface area contributed by atoms with Crippen LogP contribution in [0.15, 0.2) is 4.99 Å². The zero-order valence-corrected chi connectivity index (χ0v) is 14.2. The number of rotatable bonds is 7. The molecule has 0 radical (unpaired) electrons. The molecule has 0 saturated carbocycles. The van der Waals surface area contributed by atoms with Crippen LogP contribution in [0.4, 0.5) is 4.79 Å². The number of methoxy groups -OCH3 is 1. The Balaban J connectivity index is 4.12. The Morgan fingerprint density at radius 2 is 1.95 bits per heavy atom. The van der Waals surface area contributed by atoms with Gasteiger partial charge in [-0.15, -0.1) is 0 Å². The lowest BCUT2D eigenvalue weighted by molar-refractivity contribution is 0.0302. The van der Waals surface area contributed by atoms with E-state index in [1.54, 1.807) is 14.2 Å². The number of guanidine groups is 1. The maximum absolute atomic E-state index is 11.8. The van der Waals surface area contributed by atoms with Crippen molar-refractivity contribution in [2.24, 2.45) is 4.99 Å². The van der Waals surface area contributed by atoms with Crippen LogP contribution in [0.5, 0.6) is 0 Å². The van der Waals surface area contributed by atoms with Crippen molar-refractivity contribution in [3.63, 3.8) is 0 Å². The fourth-order valence-corrected chi connectivity index (χ4v) is 1.36. The van der Waals surface area contributed by atoms with Crippen molar-refractivity contribution in [2.45, 2.75) is 33.3 Å². The van der Waals surface area contributed by atoms with Gasteiger partial charge >= 0.3 is 6.09 Å². The molecule has 0 aliphatic heterocycles. The second-order valence-corrected chi connectivity index (χ2v) is 5.58. The number of likely N-dealkylation sites (N-methyl/N-ethyl adjacent to an activating group) is 1. The number of hydrogen-bond donors (Lipinski definition) is 2. The molecule has 7 nitrogen and oxygen atoms in total. The van der Waals surface area contributed by atoms with E-state index in [4.69, 9.17) is 9.47 Å². The first-order valence-electron chi connectivity index (χ1n) is 7.25. The number of nitrogens with zero attached hydrogens (tertiary/aromatic N) is 2. The van der Waals surface area contributed by atoms with Gasteiger partial charge in [0, 0.05) is 33.8 Å². The third kappa shape index (κ3) is 10.9. The standard InChI is InChI=1S/C14H30N4O3/c1-7-15-12(17-9-11-20-6)16-8-10-18(5)13(19)21-14(2,3)4/h7-11H2,1-6H3,(H2,15,16,17). The van der Waals surface area contributed by atoms with Gasteiger partial charge in [-0.1, -0.05) is 0 Å². The Morgan fingerprint density at radius 3 is 2.48 bits per heavy atom. The quantitative estimate of drug-likeness (QED) is 0.418. The maximum Gasteiger partial charge on any atom is 0.410 e. The van der Waals surface area contributed by atoms with Crippen molar-refractivity contribution < 1.29 is 14.3 Å². The molecule has 21 heavy (non-hydrogen) atoms. The molecule has 1 amide bonds. The molecule has 2 N–H and O–H groups in total. The van der Waals surface area contributed by atoms with Crippen molar-refractivity contribution in [1.82, 2.24) is 15.5 Å². The molecule has 0 atom stereocenters. The third-order valence-electron chi connectivity index (χ3n) is 2.35. The predicted octanol–water partition coefficient (Wildman–Crippen LogP) is 1.05. The molecule has 0 saturated heterocycles. The molecule has 124 valence electrons. The van der Waals surface area contributed by atoms with Crippen LogP contribution in [0.25, 0.3) is 0 Å². The first kappa shape index (κ1) is 19.5. The van der Waals surface area contributed by atoms with Crippen LogP contribution < -0.4 is 10.6 Å². The van der Waals surface area contributed by atoms with Crippen LogP contribution in [-0.2, 0) is 9.47 Å². The second kappa shape index (κ2) is 10.3. The van der Waals surface area contributed by atoms with Gasteiger partial charge in [-0.25, -0.2) is 4.79 Å². The first-order valence-corrected chi connectivity index (χ1v) is 7.25. The van der Waals surface area contributed by atoms with E-state index in [9.17, 15) is 4.79 Å². The Hall–Kier alpha value is -1.50. The van der Waals surface area contributed by atoms with Crippen molar-refractivity contribution in [3.05, 3.63) is 0 Å². The van der Waals surface area contributed by atoms with Gasteiger partial charge < -0.3 is 25.0 Å². The minimum Gasteiger partial charge on any atom is -0.444 e. The summed E-state index contributed by atoms with van der Waals surface area (Å²) in [4.78, 5) is 17.7. The molecule has 0 fully saturated rings. The molecule has 0 heterocycles. The minimum absolute atomic E-state index is 0.328. The van der Waals surface area contributed by atoms with E-state index in [0.29, 0.717) is 32.2 Å². The highest BCUT2D eigenvalue weighted by atomic mass is 16.6. The van der Waals surface area contributed by atoms with Gasteiger partial charge in [-0.3, -0.25) is 4.99 Å². The van der Waals surface area contributed by atoms with Gasteiger partial charge in [-0.05, 0) is 27.7 Å². The van der Waals surface area contributed by atoms with Crippen LogP contribution >= 0.6 is 0 Å². The van der Waals surface area contributed by atoms with E-state index in [0.717, 1.165) is 6.54 Å². The Bertz CT molecular complexity index is 327. The molecule has 0 aliphatic rings. The summed E-state index contributed by atoms with van der Waals surface area (Å²) in [5.74, 6) is 0.715. The minimum atomic E-state index is -0.477. The molecule has 0 bridgehead atoms.